The van der Waals surface area contributed by atoms with Gasteiger partial charge in [-0.2, -0.15) is 0 Å². The number of aliphatic hydroxyl groups is 1. The first-order valence-corrected chi connectivity index (χ1v) is 12.6. The summed E-state index contributed by atoms with van der Waals surface area (Å²) in [4.78, 5) is 0. The second kappa shape index (κ2) is 17.7. The predicted molar refractivity (Wildman–Crippen MR) is 126 cm³/mol. The van der Waals surface area contributed by atoms with Crippen LogP contribution in [0.1, 0.15) is 103 Å². The molecule has 3 heteroatoms. The van der Waals surface area contributed by atoms with Gasteiger partial charge in [0, 0.05) is 13.0 Å². The third-order valence-electron chi connectivity index (χ3n) is 6.32. The average Bonchev–Trinajstić information content (AvgIpc) is 2.64. The molecule has 0 aromatic heterocycles. The summed E-state index contributed by atoms with van der Waals surface area (Å²) in [5.41, 5.74) is 0. The summed E-state index contributed by atoms with van der Waals surface area (Å²) >= 11 is 0. The highest BCUT2D eigenvalue weighted by atomic mass is 16.3. The molecule has 0 saturated heterocycles. The smallest absolute Gasteiger partial charge is 0.0804 e. The lowest BCUT2D eigenvalue weighted by Gasteiger charge is -2.30. The van der Waals surface area contributed by atoms with Crippen LogP contribution in [0, 0.1) is 0 Å². The van der Waals surface area contributed by atoms with Gasteiger partial charge in [-0.25, -0.2) is 0 Å². The standard InChI is InChI=1S/C25H56N2O/c1-6-7-8-9-10-11-12-13-14-17-21-26(2,3)22-18-15-16-19-23-27(4,5)24-20-25-28/h28H,6-25H2,1-5H3/q+2. The quantitative estimate of drug-likeness (QED) is 0.185. The van der Waals surface area contributed by atoms with Gasteiger partial charge < -0.3 is 14.1 Å². The van der Waals surface area contributed by atoms with Crippen LogP contribution in [0.25, 0.3) is 0 Å². The minimum atomic E-state index is 0.327. The maximum absolute atomic E-state index is 8.99. The Morgan fingerprint density at radius 3 is 1.04 bits per heavy atom. The molecule has 28 heavy (non-hydrogen) atoms. The third kappa shape index (κ3) is 19.2. The SMILES string of the molecule is CCCCCCCCCCCC[N+](C)(C)CCCCCC[N+](C)(C)CCCO. The number of unbranched alkanes of at least 4 members (excludes halogenated alkanes) is 12. The van der Waals surface area contributed by atoms with E-state index in [2.05, 4.69) is 35.1 Å². The summed E-state index contributed by atoms with van der Waals surface area (Å²) in [5, 5.41) is 8.99. The minimum absolute atomic E-state index is 0.327. The van der Waals surface area contributed by atoms with Crippen molar-refractivity contribution in [3.63, 3.8) is 0 Å². The third-order valence-corrected chi connectivity index (χ3v) is 6.32. The molecule has 0 spiro atoms. The summed E-state index contributed by atoms with van der Waals surface area (Å²) in [7, 11) is 9.43. The molecule has 0 rings (SSSR count). The van der Waals surface area contributed by atoms with Crippen LogP contribution >= 0.6 is 0 Å². The van der Waals surface area contributed by atoms with E-state index >= 15 is 0 Å². The highest BCUT2D eigenvalue weighted by Crippen LogP contribution is 2.13. The number of quaternary nitrogens is 2. The van der Waals surface area contributed by atoms with Gasteiger partial charge in [-0.05, 0) is 38.5 Å². The first kappa shape index (κ1) is 27.9. The normalized spacial score (nSPS) is 12.6. The topological polar surface area (TPSA) is 20.2 Å². The highest BCUT2D eigenvalue weighted by molar-refractivity contribution is 4.49. The van der Waals surface area contributed by atoms with E-state index in [1.54, 1.807) is 0 Å². The van der Waals surface area contributed by atoms with E-state index < -0.39 is 0 Å². The second-order valence-electron chi connectivity index (χ2n) is 10.4. The van der Waals surface area contributed by atoms with Gasteiger partial charge in [0.05, 0.1) is 54.4 Å². The summed E-state index contributed by atoms with van der Waals surface area (Å²) < 4.78 is 2.26. The largest absolute Gasteiger partial charge is 0.396 e. The number of hydrogen-bond donors (Lipinski definition) is 1. The molecule has 3 nitrogen and oxygen atoms in total. The molecule has 0 aliphatic rings. The van der Waals surface area contributed by atoms with E-state index in [4.69, 9.17) is 5.11 Å². The molecular formula is C25H56N2O+2. The van der Waals surface area contributed by atoms with Crippen molar-refractivity contribution >= 4 is 0 Å². The molecule has 170 valence electrons. The van der Waals surface area contributed by atoms with Crippen LogP contribution in [0.4, 0.5) is 0 Å². The van der Waals surface area contributed by atoms with Gasteiger partial charge in [0.25, 0.3) is 0 Å². The van der Waals surface area contributed by atoms with Crippen molar-refractivity contribution in [3.8, 4) is 0 Å². The molecule has 0 unspecified atom stereocenters. The van der Waals surface area contributed by atoms with Gasteiger partial charge in [-0.15, -0.1) is 0 Å². The molecule has 0 aromatic carbocycles. The Hall–Kier alpha value is -0.120. The van der Waals surface area contributed by atoms with Crippen molar-refractivity contribution < 1.29 is 14.1 Å². The fourth-order valence-corrected chi connectivity index (χ4v) is 4.18. The molecule has 0 bridgehead atoms. The second-order valence-corrected chi connectivity index (χ2v) is 10.4. The Bertz CT molecular complexity index is 329. The Kier molecular flexibility index (Phi) is 17.6. The van der Waals surface area contributed by atoms with Gasteiger partial charge in [0.15, 0.2) is 0 Å². The number of nitrogens with zero attached hydrogens (tertiary/aromatic N) is 2. The van der Waals surface area contributed by atoms with Gasteiger partial charge >= 0.3 is 0 Å². The highest BCUT2D eigenvalue weighted by Gasteiger charge is 2.15. The fourth-order valence-electron chi connectivity index (χ4n) is 4.18. The first-order valence-electron chi connectivity index (χ1n) is 12.6. The Morgan fingerprint density at radius 1 is 0.429 bits per heavy atom. The van der Waals surface area contributed by atoms with E-state index in [9.17, 15) is 0 Å². The van der Waals surface area contributed by atoms with E-state index in [0.717, 1.165) is 17.4 Å². The van der Waals surface area contributed by atoms with Crippen LogP contribution in [-0.4, -0.2) is 75.0 Å². The molecule has 0 aliphatic carbocycles. The molecule has 0 saturated carbocycles. The molecule has 0 fully saturated rings. The molecule has 0 aliphatic heterocycles. The molecule has 1 N–H and O–H groups in total. The Balaban J connectivity index is 3.50. The average molecular weight is 401 g/mol. The zero-order valence-corrected chi connectivity index (χ0v) is 20.5. The maximum atomic E-state index is 8.99. The molecule has 0 radical (unpaired) electrons. The van der Waals surface area contributed by atoms with Gasteiger partial charge in [0.1, 0.15) is 0 Å². The number of aliphatic hydroxyl groups excluding tert-OH is 1. The zero-order valence-electron chi connectivity index (χ0n) is 20.5. The first-order chi connectivity index (χ1) is 13.3. The number of hydrogen-bond acceptors (Lipinski definition) is 1. The lowest BCUT2D eigenvalue weighted by Crippen LogP contribution is -2.42. The van der Waals surface area contributed by atoms with E-state index in [1.807, 2.05) is 0 Å². The maximum Gasteiger partial charge on any atom is 0.0804 e. The van der Waals surface area contributed by atoms with E-state index in [-0.39, 0.29) is 0 Å². The molecule has 0 atom stereocenters. The van der Waals surface area contributed by atoms with Crippen molar-refractivity contribution in [1.82, 2.24) is 0 Å². The zero-order chi connectivity index (χ0) is 21.1. The van der Waals surface area contributed by atoms with Crippen LogP contribution in [0.5, 0.6) is 0 Å². The van der Waals surface area contributed by atoms with E-state index in [0.29, 0.717) is 6.61 Å². The molecular weight excluding hydrogens is 344 g/mol. The molecule has 0 aromatic rings. The summed E-state index contributed by atoms with van der Waals surface area (Å²) in [6.45, 7) is 7.65. The Labute approximate surface area is 178 Å². The monoisotopic (exact) mass is 400 g/mol. The Morgan fingerprint density at radius 2 is 0.714 bits per heavy atom. The van der Waals surface area contributed by atoms with Crippen molar-refractivity contribution in [1.29, 1.82) is 0 Å². The lowest BCUT2D eigenvalue weighted by molar-refractivity contribution is -0.891. The van der Waals surface area contributed by atoms with Crippen LogP contribution in [0.3, 0.4) is 0 Å². The van der Waals surface area contributed by atoms with E-state index in [1.165, 1.54) is 114 Å². The summed E-state index contributed by atoms with van der Waals surface area (Å²) in [5.74, 6) is 0. The fraction of sp³-hybridized carbons (Fsp3) is 1.00. The number of rotatable bonds is 21. The van der Waals surface area contributed by atoms with Crippen LogP contribution in [0.15, 0.2) is 0 Å². The van der Waals surface area contributed by atoms with Crippen molar-refractivity contribution in [3.05, 3.63) is 0 Å². The summed E-state index contributed by atoms with van der Waals surface area (Å²) in [6, 6.07) is 0. The lowest BCUT2D eigenvalue weighted by atomic mass is 10.1. The van der Waals surface area contributed by atoms with Crippen LogP contribution in [0.2, 0.25) is 0 Å². The summed E-state index contributed by atoms with van der Waals surface area (Å²) in [6.07, 6.45) is 20.7. The minimum Gasteiger partial charge on any atom is -0.396 e. The van der Waals surface area contributed by atoms with Gasteiger partial charge in [0.2, 0.25) is 0 Å². The molecule has 0 amide bonds. The van der Waals surface area contributed by atoms with Gasteiger partial charge in [-0.3, -0.25) is 0 Å². The van der Waals surface area contributed by atoms with Crippen molar-refractivity contribution in [2.45, 2.75) is 103 Å². The van der Waals surface area contributed by atoms with Crippen molar-refractivity contribution in [2.24, 2.45) is 0 Å². The van der Waals surface area contributed by atoms with Gasteiger partial charge in [-0.1, -0.05) is 58.3 Å². The predicted octanol–water partition coefficient (Wildman–Crippen LogP) is 6.00. The van der Waals surface area contributed by atoms with Crippen LogP contribution in [-0.2, 0) is 0 Å². The molecule has 0 heterocycles. The van der Waals surface area contributed by atoms with Crippen molar-refractivity contribution in [2.75, 3.05) is 61.0 Å². The van der Waals surface area contributed by atoms with Crippen LogP contribution < -0.4 is 0 Å².